The highest BCUT2D eigenvalue weighted by atomic mass is 32.2. The molecule has 10 heteroatoms. The Kier molecular flexibility index (Phi) is 6.78. The van der Waals surface area contributed by atoms with Crippen LogP contribution in [0.2, 0.25) is 0 Å². The molecule has 0 spiro atoms. The van der Waals surface area contributed by atoms with E-state index in [1.165, 1.54) is 32.9 Å². The van der Waals surface area contributed by atoms with Gasteiger partial charge in [-0.15, -0.1) is 32.9 Å². The first-order chi connectivity index (χ1) is 15.0. The number of aromatic nitrogens is 3. The minimum atomic E-state index is -0.356. The van der Waals surface area contributed by atoms with Crippen molar-refractivity contribution >= 4 is 51.3 Å². The van der Waals surface area contributed by atoms with E-state index >= 15 is 0 Å². The molecule has 3 aromatic heterocycles. The minimum Gasteiger partial charge on any atom is -0.462 e. The Hall–Kier alpha value is -2.17. The SMILES string of the molecule is CCOC(=O)c1c(NC(=O)CSc2nnc(-c3csc(CC)c3)n2C)sc2c1CCC2. The molecular weight excluding hydrogens is 452 g/mol. The Labute approximate surface area is 193 Å². The van der Waals surface area contributed by atoms with Crippen molar-refractivity contribution in [3.05, 3.63) is 32.3 Å². The maximum atomic E-state index is 12.6. The predicted molar refractivity (Wildman–Crippen MR) is 125 cm³/mol. The maximum Gasteiger partial charge on any atom is 0.341 e. The van der Waals surface area contributed by atoms with Crippen LogP contribution in [0.1, 0.15) is 45.9 Å². The molecule has 164 valence electrons. The molecule has 3 aromatic rings. The van der Waals surface area contributed by atoms with Gasteiger partial charge in [-0.2, -0.15) is 0 Å². The Morgan fingerprint density at radius 1 is 1.29 bits per heavy atom. The lowest BCUT2D eigenvalue weighted by molar-refractivity contribution is -0.113. The van der Waals surface area contributed by atoms with E-state index in [4.69, 9.17) is 4.74 Å². The molecule has 0 atom stereocenters. The summed E-state index contributed by atoms with van der Waals surface area (Å²) in [5.74, 6) is 0.438. The molecule has 1 N–H and O–H groups in total. The average Bonchev–Trinajstić information content (AvgIpc) is 3.50. The van der Waals surface area contributed by atoms with Crippen LogP contribution in [0, 0.1) is 0 Å². The standard InChI is InChI=1S/C21H24N4O3S3/c1-4-13-9-12(10-29-13)18-23-24-21(25(18)3)30-11-16(26)22-19-17(20(27)28-5-2)14-7-6-8-15(14)31-19/h9-10H,4-8,11H2,1-3H3,(H,22,26). The minimum absolute atomic E-state index is 0.177. The molecule has 1 aliphatic rings. The number of rotatable bonds is 8. The number of thiophene rings is 2. The van der Waals surface area contributed by atoms with Gasteiger partial charge in [0.05, 0.1) is 17.9 Å². The molecule has 0 radical (unpaired) electrons. The van der Waals surface area contributed by atoms with Gasteiger partial charge in [0.1, 0.15) is 5.00 Å². The Morgan fingerprint density at radius 3 is 2.87 bits per heavy atom. The normalized spacial score (nSPS) is 12.7. The predicted octanol–water partition coefficient (Wildman–Crippen LogP) is 4.56. The zero-order valence-electron chi connectivity index (χ0n) is 17.7. The monoisotopic (exact) mass is 476 g/mol. The van der Waals surface area contributed by atoms with Gasteiger partial charge in [0.25, 0.3) is 0 Å². The van der Waals surface area contributed by atoms with Crippen molar-refractivity contribution in [2.24, 2.45) is 7.05 Å². The Balaban J connectivity index is 1.43. The fourth-order valence-electron chi connectivity index (χ4n) is 3.58. The summed E-state index contributed by atoms with van der Waals surface area (Å²) >= 11 is 4.52. The second-order valence-electron chi connectivity index (χ2n) is 7.14. The number of thioether (sulfide) groups is 1. The number of esters is 1. The molecule has 31 heavy (non-hydrogen) atoms. The summed E-state index contributed by atoms with van der Waals surface area (Å²) in [5, 5.41) is 14.8. The van der Waals surface area contributed by atoms with Crippen LogP contribution in [0.3, 0.4) is 0 Å². The number of nitrogens with zero attached hydrogens (tertiary/aromatic N) is 3. The van der Waals surface area contributed by atoms with E-state index in [2.05, 4.69) is 33.9 Å². The van der Waals surface area contributed by atoms with Crippen LogP contribution >= 0.6 is 34.4 Å². The van der Waals surface area contributed by atoms with E-state index < -0.39 is 0 Å². The van der Waals surface area contributed by atoms with Gasteiger partial charge < -0.3 is 14.6 Å². The van der Waals surface area contributed by atoms with Gasteiger partial charge in [0.2, 0.25) is 5.91 Å². The lowest BCUT2D eigenvalue weighted by atomic mass is 10.1. The fourth-order valence-corrected chi connectivity index (χ4v) is 6.40. The zero-order chi connectivity index (χ0) is 22.0. The van der Waals surface area contributed by atoms with Crippen LogP contribution in [-0.2, 0) is 35.8 Å². The number of hydrogen-bond acceptors (Lipinski definition) is 8. The average molecular weight is 477 g/mol. The van der Waals surface area contributed by atoms with Crippen LogP contribution in [0.25, 0.3) is 11.4 Å². The van der Waals surface area contributed by atoms with Crippen LogP contribution < -0.4 is 5.32 Å². The molecule has 0 unspecified atom stereocenters. The Morgan fingerprint density at radius 2 is 2.13 bits per heavy atom. The van der Waals surface area contributed by atoms with Crippen molar-refractivity contribution < 1.29 is 14.3 Å². The number of aryl methyl sites for hydroxylation is 2. The lowest BCUT2D eigenvalue weighted by Gasteiger charge is -2.08. The van der Waals surface area contributed by atoms with Crippen molar-refractivity contribution in [1.29, 1.82) is 0 Å². The number of amides is 1. The summed E-state index contributed by atoms with van der Waals surface area (Å²) in [5.41, 5.74) is 2.61. The van der Waals surface area contributed by atoms with Crippen LogP contribution in [-0.4, -0.2) is 39.0 Å². The third-order valence-corrected chi connectivity index (χ3v) is 8.39. The van der Waals surface area contributed by atoms with Crippen molar-refractivity contribution in [3.8, 4) is 11.4 Å². The topological polar surface area (TPSA) is 86.1 Å². The summed E-state index contributed by atoms with van der Waals surface area (Å²) in [6.45, 7) is 4.22. The van der Waals surface area contributed by atoms with Crippen molar-refractivity contribution in [3.63, 3.8) is 0 Å². The van der Waals surface area contributed by atoms with Gasteiger partial charge in [0.15, 0.2) is 11.0 Å². The van der Waals surface area contributed by atoms with Crippen LogP contribution in [0.5, 0.6) is 0 Å². The zero-order valence-corrected chi connectivity index (χ0v) is 20.1. The van der Waals surface area contributed by atoms with Crippen molar-refractivity contribution in [2.45, 2.75) is 44.7 Å². The quantitative estimate of drug-likeness (QED) is 0.379. The molecule has 0 fully saturated rings. The van der Waals surface area contributed by atoms with E-state index in [0.29, 0.717) is 22.3 Å². The van der Waals surface area contributed by atoms with Crippen molar-refractivity contribution in [2.75, 3.05) is 17.7 Å². The van der Waals surface area contributed by atoms with Gasteiger partial charge in [0, 0.05) is 27.7 Å². The highest BCUT2D eigenvalue weighted by Gasteiger charge is 2.28. The summed E-state index contributed by atoms with van der Waals surface area (Å²) in [4.78, 5) is 27.6. The second-order valence-corrected chi connectivity index (χ2v) is 10.2. The molecule has 0 saturated carbocycles. The molecule has 4 rings (SSSR count). The third-order valence-electron chi connectivity index (χ3n) is 5.08. The van der Waals surface area contributed by atoms with Crippen LogP contribution in [0.4, 0.5) is 5.00 Å². The van der Waals surface area contributed by atoms with Gasteiger partial charge in [-0.05, 0) is 44.2 Å². The number of nitrogens with one attached hydrogen (secondary N) is 1. The summed E-state index contributed by atoms with van der Waals surface area (Å²) in [6, 6.07) is 2.13. The van der Waals surface area contributed by atoms with Gasteiger partial charge in [-0.25, -0.2) is 4.79 Å². The molecule has 0 aromatic carbocycles. The van der Waals surface area contributed by atoms with Gasteiger partial charge in [-0.1, -0.05) is 18.7 Å². The highest BCUT2D eigenvalue weighted by molar-refractivity contribution is 7.99. The number of carbonyl (C=O) groups excluding carboxylic acids is 2. The number of carbonyl (C=O) groups is 2. The van der Waals surface area contributed by atoms with Crippen molar-refractivity contribution in [1.82, 2.24) is 14.8 Å². The molecule has 0 bridgehead atoms. The number of ether oxygens (including phenoxy) is 1. The molecule has 7 nitrogen and oxygen atoms in total. The highest BCUT2D eigenvalue weighted by Crippen LogP contribution is 2.39. The number of fused-ring (bicyclic) bond motifs is 1. The largest absolute Gasteiger partial charge is 0.462 e. The number of hydrogen-bond donors (Lipinski definition) is 1. The van der Waals surface area contributed by atoms with E-state index in [1.54, 1.807) is 18.3 Å². The molecule has 3 heterocycles. The first kappa shape index (κ1) is 22.0. The molecular formula is C21H24N4O3S3. The first-order valence-electron chi connectivity index (χ1n) is 10.2. The first-order valence-corrected chi connectivity index (χ1v) is 12.9. The maximum absolute atomic E-state index is 12.6. The molecule has 1 amide bonds. The van der Waals surface area contributed by atoms with Gasteiger partial charge in [-0.3, -0.25) is 4.79 Å². The molecule has 0 saturated heterocycles. The molecule has 0 aliphatic heterocycles. The van der Waals surface area contributed by atoms with E-state index in [-0.39, 0.29) is 17.6 Å². The smallest absolute Gasteiger partial charge is 0.341 e. The summed E-state index contributed by atoms with van der Waals surface area (Å²) in [6.07, 6.45) is 3.83. The summed E-state index contributed by atoms with van der Waals surface area (Å²) < 4.78 is 7.13. The Bertz CT molecular complexity index is 1120. The van der Waals surface area contributed by atoms with E-state index in [9.17, 15) is 9.59 Å². The van der Waals surface area contributed by atoms with Crippen LogP contribution in [0.15, 0.2) is 16.6 Å². The summed E-state index contributed by atoms with van der Waals surface area (Å²) in [7, 11) is 1.90. The molecule has 1 aliphatic carbocycles. The second kappa shape index (κ2) is 9.54. The van der Waals surface area contributed by atoms with E-state index in [0.717, 1.165) is 42.6 Å². The third kappa shape index (κ3) is 4.56. The fraction of sp³-hybridized carbons (Fsp3) is 0.429. The lowest BCUT2D eigenvalue weighted by Crippen LogP contribution is -2.17. The number of anilines is 1. The van der Waals surface area contributed by atoms with Gasteiger partial charge >= 0.3 is 5.97 Å². The van der Waals surface area contributed by atoms with E-state index in [1.807, 2.05) is 11.6 Å².